The minimum absolute atomic E-state index is 0.614. The Hall–Kier alpha value is -2.55. The van der Waals surface area contributed by atoms with Crippen LogP contribution in [0, 0.1) is 13.8 Å². The molecule has 4 rings (SSSR count). The van der Waals surface area contributed by atoms with Crippen molar-refractivity contribution in [3.8, 4) is 28.2 Å². The van der Waals surface area contributed by atoms with Gasteiger partial charge in [0.15, 0.2) is 0 Å². The third-order valence-electron chi connectivity index (χ3n) is 4.56. The number of hydrogen-bond donors (Lipinski definition) is 0. The van der Waals surface area contributed by atoms with Gasteiger partial charge in [0.2, 0.25) is 0 Å². The van der Waals surface area contributed by atoms with Gasteiger partial charge in [0.25, 0.3) is 0 Å². The zero-order chi connectivity index (χ0) is 19.0. The lowest BCUT2D eigenvalue weighted by Crippen LogP contribution is -2.00. The molecule has 0 aliphatic carbocycles. The van der Waals surface area contributed by atoms with Crippen molar-refractivity contribution in [2.24, 2.45) is 0 Å². The first kappa shape index (κ1) is 17.8. The highest BCUT2D eigenvalue weighted by molar-refractivity contribution is 6.36. The Bertz CT molecular complexity index is 1090. The number of para-hydroxylation sites is 1. The van der Waals surface area contributed by atoms with E-state index in [2.05, 4.69) is 50.2 Å². The van der Waals surface area contributed by atoms with Gasteiger partial charge in [-0.1, -0.05) is 95.0 Å². The van der Waals surface area contributed by atoms with E-state index < -0.39 is 0 Å². The maximum Gasteiger partial charge on any atom is 0.112 e. The SMILES string of the molecule is Cc1ccc(-c2nn(-c3ccccc3Cl)c(-c3ccc(C)cc3)c2Cl)cc1. The van der Waals surface area contributed by atoms with Crippen LogP contribution in [-0.2, 0) is 0 Å². The van der Waals surface area contributed by atoms with Crippen molar-refractivity contribution in [3.63, 3.8) is 0 Å². The monoisotopic (exact) mass is 392 g/mol. The molecule has 0 bridgehead atoms. The molecule has 3 aromatic carbocycles. The highest BCUT2D eigenvalue weighted by Crippen LogP contribution is 2.39. The van der Waals surface area contributed by atoms with Crippen molar-refractivity contribution in [2.75, 3.05) is 0 Å². The van der Waals surface area contributed by atoms with Crippen LogP contribution in [-0.4, -0.2) is 9.78 Å². The van der Waals surface area contributed by atoms with Gasteiger partial charge in [0, 0.05) is 11.1 Å². The second-order valence-corrected chi connectivity index (χ2v) is 7.39. The van der Waals surface area contributed by atoms with E-state index in [1.54, 1.807) is 0 Å². The number of benzene rings is 3. The second-order valence-electron chi connectivity index (χ2n) is 6.61. The van der Waals surface area contributed by atoms with Crippen LogP contribution in [0.5, 0.6) is 0 Å². The van der Waals surface area contributed by atoms with Gasteiger partial charge in [-0.2, -0.15) is 5.10 Å². The molecule has 0 aliphatic rings. The predicted octanol–water partition coefficient (Wildman–Crippen LogP) is 7.13. The molecule has 1 heterocycles. The van der Waals surface area contributed by atoms with Gasteiger partial charge < -0.3 is 0 Å². The van der Waals surface area contributed by atoms with E-state index in [1.165, 1.54) is 11.1 Å². The Kier molecular flexibility index (Phi) is 4.77. The lowest BCUT2D eigenvalue weighted by molar-refractivity contribution is 0.892. The molecule has 2 nitrogen and oxygen atoms in total. The van der Waals surface area contributed by atoms with Gasteiger partial charge >= 0.3 is 0 Å². The van der Waals surface area contributed by atoms with Gasteiger partial charge in [-0.3, -0.25) is 0 Å². The molecule has 0 fully saturated rings. The molecule has 1 aromatic heterocycles. The molecule has 0 unspecified atom stereocenters. The Morgan fingerprint density at radius 1 is 0.704 bits per heavy atom. The van der Waals surface area contributed by atoms with E-state index in [9.17, 15) is 0 Å². The molecule has 4 heteroatoms. The number of nitrogens with zero attached hydrogens (tertiary/aromatic N) is 2. The Morgan fingerprint density at radius 2 is 1.26 bits per heavy atom. The van der Waals surface area contributed by atoms with E-state index in [4.69, 9.17) is 28.3 Å². The molecule has 0 spiro atoms. The summed E-state index contributed by atoms with van der Waals surface area (Å²) in [7, 11) is 0. The molecule has 134 valence electrons. The second kappa shape index (κ2) is 7.22. The van der Waals surface area contributed by atoms with Crippen molar-refractivity contribution in [1.29, 1.82) is 0 Å². The molecule has 0 aliphatic heterocycles. The average Bonchev–Trinajstić information content (AvgIpc) is 3.00. The maximum absolute atomic E-state index is 6.85. The largest absolute Gasteiger partial charge is 0.229 e. The predicted molar refractivity (Wildman–Crippen MR) is 114 cm³/mol. The lowest BCUT2D eigenvalue weighted by Gasteiger charge is -2.10. The zero-order valence-electron chi connectivity index (χ0n) is 15.1. The minimum atomic E-state index is 0.614. The van der Waals surface area contributed by atoms with Gasteiger partial charge in [0.1, 0.15) is 5.69 Å². The van der Waals surface area contributed by atoms with Crippen molar-refractivity contribution in [2.45, 2.75) is 13.8 Å². The summed E-state index contributed by atoms with van der Waals surface area (Å²) in [6.07, 6.45) is 0. The third-order valence-corrected chi connectivity index (χ3v) is 5.24. The number of halogens is 2. The van der Waals surface area contributed by atoms with E-state index >= 15 is 0 Å². The van der Waals surface area contributed by atoms with Gasteiger partial charge in [-0.25, -0.2) is 4.68 Å². The summed E-state index contributed by atoms with van der Waals surface area (Å²) in [6, 6.07) is 24.1. The Balaban J connectivity index is 1.99. The van der Waals surface area contributed by atoms with E-state index in [-0.39, 0.29) is 0 Å². The standard InChI is InChI=1S/C23H18Cl2N2/c1-15-7-11-17(12-8-15)22-21(25)23(18-13-9-16(2)10-14-18)27(26-22)20-6-4-3-5-19(20)24/h3-14H,1-2H3. The van der Waals surface area contributed by atoms with E-state index in [0.29, 0.717) is 10.0 Å². The molecule has 0 radical (unpaired) electrons. The van der Waals surface area contributed by atoms with Crippen molar-refractivity contribution >= 4 is 23.2 Å². The number of rotatable bonds is 3. The summed E-state index contributed by atoms with van der Waals surface area (Å²) in [4.78, 5) is 0. The van der Waals surface area contributed by atoms with Gasteiger partial charge in [-0.15, -0.1) is 0 Å². The fourth-order valence-electron chi connectivity index (χ4n) is 3.05. The molecule has 27 heavy (non-hydrogen) atoms. The average molecular weight is 393 g/mol. The highest BCUT2D eigenvalue weighted by atomic mass is 35.5. The van der Waals surface area contributed by atoms with Crippen LogP contribution in [0.3, 0.4) is 0 Å². The molecule has 4 aromatic rings. The summed E-state index contributed by atoms with van der Waals surface area (Å²) in [5, 5.41) is 6.08. The third kappa shape index (κ3) is 3.39. The van der Waals surface area contributed by atoms with Crippen LogP contribution >= 0.6 is 23.2 Å². The van der Waals surface area contributed by atoms with Crippen molar-refractivity contribution < 1.29 is 0 Å². The minimum Gasteiger partial charge on any atom is -0.229 e. The number of aromatic nitrogens is 2. The molecule has 0 N–H and O–H groups in total. The summed E-state index contributed by atoms with van der Waals surface area (Å²) in [5.74, 6) is 0. The summed E-state index contributed by atoms with van der Waals surface area (Å²) in [5.41, 5.74) is 6.74. The molecule has 0 saturated carbocycles. The molecular weight excluding hydrogens is 375 g/mol. The smallest absolute Gasteiger partial charge is 0.112 e. The molecule has 0 saturated heterocycles. The maximum atomic E-state index is 6.85. The topological polar surface area (TPSA) is 17.8 Å². The first-order chi connectivity index (χ1) is 13.0. The molecule has 0 amide bonds. The Labute approximate surface area is 169 Å². The van der Waals surface area contributed by atoms with Crippen molar-refractivity contribution in [3.05, 3.63) is 94.0 Å². The van der Waals surface area contributed by atoms with Gasteiger partial charge in [0.05, 0.1) is 21.4 Å². The van der Waals surface area contributed by atoms with Crippen LogP contribution in [0.25, 0.3) is 28.2 Å². The molecular formula is C23H18Cl2N2. The summed E-state index contributed by atoms with van der Waals surface area (Å²) < 4.78 is 1.84. The Morgan fingerprint density at radius 3 is 1.85 bits per heavy atom. The summed E-state index contributed by atoms with van der Waals surface area (Å²) in [6.45, 7) is 4.12. The fraction of sp³-hybridized carbons (Fsp3) is 0.0870. The first-order valence-electron chi connectivity index (χ1n) is 8.72. The van der Waals surface area contributed by atoms with Crippen LogP contribution in [0.2, 0.25) is 10.0 Å². The van der Waals surface area contributed by atoms with E-state index in [1.807, 2.05) is 41.1 Å². The van der Waals surface area contributed by atoms with Gasteiger partial charge in [-0.05, 0) is 26.0 Å². The van der Waals surface area contributed by atoms with E-state index in [0.717, 1.165) is 28.2 Å². The fourth-order valence-corrected chi connectivity index (χ4v) is 3.61. The van der Waals surface area contributed by atoms with Crippen LogP contribution in [0.15, 0.2) is 72.8 Å². The van der Waals surface area contributed by atoms with Crippen LogP contribution in [0.4, 0.5) is 0 Å². The zero-order valence-corrected chi connectivity index (χ0v) is 16.6. The highest BCUT2D eigenvalue weighted by Gasteiger charge is 2.21. The molecule has 0 atom stereocenters. The summed E-state index contributed by atoms with van der Waals surface area (Å²) >= 11 is 13.3. The number of hydrogen-bond acceptors (Lipinski definition) is 1. The normalized spacial score (nSPS) is 11.0. The van der Waals surface area contributed by atoms with Crippen LogP contribution in [0.1, 0.15) is 11.1 Å². The lowest BCUT2D eigenvalue weighted by atomic mass is 10.1. The van der Waals surface area contributed by atoms with Crippen molar-refractivity contribution in [1.82, 2.24) is 9.78 Å². The first-order valence-corrected chi connectivity index (χ1v) is 9.47. The number of aryl methyl sites for hydroxylation is 2. The van der Waals surface area contributed by atoms with Crippen LogP contribution < -0.4 is 0 Å². The quantitative estimate of drug-likeness (QED) is 0.362.